The van der Waals surface area contributed by atoms with Crippen molar-refractivity contribution in [1.82, 2.24) is 15.1 Å². The summed E-state index contributed by atoms with van der Waals surface area (Å²) in [5.74, 6) is -0.0942. The molecular weight excluding hydrogens is 322 g/mol. The van der Waals surface area contributed by atoms with Crippen LogP contribution in [-0.2, 0) is 6.42 Å². The van der Waals surface area contributed by atoms with E-state index in [2.05, 4.69) is 29.5 Å². The Kier molecular flexibility index (Phi) is 4.94. The molecule has 4 nitrogen and oxygen atoms in total. The third-order valence-corrected chi connectivity index (χ3v) is 4.51. The molecule has 0 atom stereocenters. The van der Waals surface area contributed by atoms with E-state index >= 15 is 0 Å². The van der Waals surface area contributed by atoms with E-state index in [9.17, 15) is 4.79 Å². The van der Waals surface area contributed by atoms with Gasteiger partial charge in [-0.15, -0.1) is 0 Å². The van der Waals surface area contributed by atoms with Crippen LogP contribution in [0, 0.1) is 13.8 Å². The SMILES string of the molecule is Cc1ccccc1CC(C)(C)NC(=O)c1cn(-c2ccccc2)nc1C. The van der Waals surface area contributed by atoms with Gasteiger partial charge in [0.15, 0.2) is 0 Å². The van der Waals surface area contributed by atoms with Crippen molar-refractivity contribution in [1.29, 1.82) is 0 Å². The average molecular weight is 347 g/mol. The Morgan fingerprint density at radius 2 is 1.69 bits per heavy atom. The molecule has 0 aliphatic carbocycles. The summed E-state index contributed by atoms with van der Waals surface area (Å²) in [6, 6.07) is 18.1. The largest absolute Gasteiger partial charge is 0.347 e. The zero-order valence-electron chi connectivity index (χ0n) is 15.8. The number of rotatable bonds is 5. The Bertz CT molecular complexity index is 910. The molecule has 1 aromatic heterocycles. The third-order valence-electron chi connectivity index (χ3n) is 4.51. The van der Waals surface area contributed by atoms with Gasteiger partial charge in [-0.3, -0.25) is 4.79 Å². The highest BCUT2D eigenvalue weighted by molar-refractivity contribution is 5.95. The van der Waals surface area contributed by atoms with E-state index in [1.54, 1.807) is 10.9 Å². The zero-order chi connectivity index (χ0) is 18.7. The number of nitrogens with one attached hydrogen (secondary N) is 1. The van der Waals surface area contributed by atoms with Gasteiger partial charge in [0, 0.05) is 11.7 Å². The molecule has 1 N–H and O–H groups in total. The van der Waals surface area contributed by atoms with Crippen LogP contribution in [0.15, 0.2) is 60.8 Å². The van der Waals surface area contributed by atoms with E-state index in [-0.39, 0.29) is 11.4 Å². The van der Waals surface area contributed by atoms with Crippen LogP contribution >= 0.6 is 0 Å². The Labute approximate surface area is 154 Å². The molecule has 0 spiro atoms. The number of aryl methyl sites for hydroxylation is 2. The lowest BCUT2D eigenvalue weighted by Gasteiger charge is -2.27. The van der Waals surface area contributed by atoms with Gasteiger partial charge in [-0.2, -0.15) is 5.10 Å². The van der Waals surface area contributed by atoms with Crippen LogP contribution in [0.4, 0.5) is 0 Å². The Morgan fingerprint density at radius 3 is 2.38 bits per heavy atom. The number of amides is 1. The number of hydrogen-bond acceptors (Lipinski definition) is 2. The summed E-state index contributed by atoms with van der Waals surface area (Å²) >= 11 is 0. The Morgan fingerprint density at radius 1 is 1.04 bits per heavy atom. The van der Waals surface area contributed by atoms with E-state index < -0.39 is 0 Å². The maximum atomic E-state index is 12.8. The standard InChI is InChI=1S/C22H25N3O/c1-16-10-8-9-11-18(16)14-22(3,4)23-21(26)20-15-25(24-17(20)2)19-12-6-5-7-13-19/h5-13,15H,14H2,1-4H3,(H,23,26). The lowest BCUT2D eigenvalue weighted by atomic mass is 9.92. The van der Waals surface area contributed by atoms with Crippen LogP contribution in [-0.4, -0.2) is 21.2 Å². The predicted molar refractivity (Wildman–Crippen MR) is 105 cm³/mol. The van der Waals surface area contributed by atoms with Gasteiger partial charge in [0.2, 0.25) is 0 Å². The van der Waals surface area contributed by atoms with Crippen molar-refractivity contribution in [2.75, 3.05) is 0 Å². The van der Waals surface area contributed by atoms with Crippen molar-refractivity contribution in [2.45, 2.75) is 39.7 Å². The highest BCUT2D eigenvalue weighted by atomic mass is 16.1. The lowest BCUT2D eigenvalue weighted by Crippen LogP contribution is -2.45. The molecule has 26 heavy (non-hydrogen) atoms. The van der Waals surface area contributed by atoms with Gasteiger partial charge >= 0.3 is 0 Å². The topological polar surface area (TPSA) is 46.9 Å². The molecule has 1 amide bonds. The van der Waals surface area contributed by atoms with E-state index in [1.807, 2.05) is 63.2 Å². The second kappa shape index (κ2) is 7.16. The summed E-state index contributed by atoms with van der Waals surface area (Å²) in [4.78, 5) is 12.8. The number of carbonyl (C=O) groups is 1. The van der Waals surface area contributed by atoms with Crippen LogP contribution in [0.2, 0.25) is 0 Å². The molecule has 1 heterocycles. The molecule has 0 unspecified atom stereocenters. The van der Waals surface area contributed by atoms with Gasteiger partial charge in [0.25, 0.3) is 5.91 Å². The summed E-state index contributed by atoms with van der Waals surface area (Å²) in [6.07, 6.45) is 2.57. The fourth-order valence-electron chi connectivity index (χ4n) is 3.10. The molecule has 0 aliphatic rings. The number of benzene rings is 2. The number of para-hydroxylation sites is 1. The lowest BCUT2D eigenvalue weighted by molar-refractivity contribution is 0.0912. The fraction of sp³-hybridized carbons (Fsp3) is 0.273. The van der Waals surface area contributed by atoms with Crippen molar-refractivity contribution in [3.8, 4) is 5.69 Å². The molecule has 3 rings (SSSR count). The van der Waals surface area contributed by atoms with Gasteiger partial charge in [-0.05, 0) is 57.4 Å². The van der Waals surface area contributed by atoms with Gasteiger partial charge < -0.3 is 5.32 Å². The van der Waals surface area contributed by atoms with E-state index in [4.69, 9.17) is 0 Å². The summed E-state index contributed by atoms with van der Waals surface area (Å²) in [6.45, 7) is 8.06. The minimum absolute atomic E-state index is 0.0942. The van der Waals surface area contributed by atoms with Crippen LogP contribution < -0.4 is 5.32 Å². The predicted octanol–water partition coefficient (Wildman–Crippen LogP) is 4.24. The maximum absolute atomic E-state index is 12.8. The molecule has 0 radical (unpaired) electrons. The monoisotopic (exact) mass is 347 g/mol. The Balaban J connectivity index is 1.77. The van der Waals surface area contributed by atoms with E-state index in [0.717, 1.165) is 17.8 Å². The minimum atomic E-state index is -0.357. The van der Waals surface area contributed by atoms with Crippen molar-refractivity contribution >= 4 is 5.91 Å². The van der Waals surface area contributed by atoms with Crippen LogP contribution in [0.1, 0.15) is 41.0 Å². The molecule has 0 aliphatic heterocycles. The molecular formula is C22H25N3O. The van der Waals surface area contributed by atoms with Crippen LogP contribution in [0.25, 0.3) is 5.69 Å². The van der Waals surface area contributed by atoms with Crippen LogP contribution in [0.5, 0.6) is 0 Å². The zero-order valence-corrected chi connectivity index (χ0v) is 15.8. The molecule has 2 aromatic carbocycles. The second-order valence-corrected chi connectivity index (χ2v) is 7.35. The van der Waals surface area contributed by atoms with Gasteiger partial charge in [-0.1, -0.05) is 42.5 Å². The average Bonchev–Trinajstić information content (AvgIpc) is 2.99. The summed E-state index contributed by atoms with van der Waals surface area (Å²) in [5, 5.41) is 7.65. The first kappa shape index (κ1) is 17.9. The summed E-state index contributed by atoms with van der Waals surface area (Å²) in [7, 11) is 0. The van der Waals surface area contributed by atoms with Crippen molar-refractivity contribution in [3.63, 3.8) is 0 Å². The molecule has 3 aromatic rings. The number of aromatic nitrogens is 2. The van der Waals surface area contributed by atoms with Gasteiger partial charge in [0.05, 0.1) is 16.9 Å². The number of nitrogens with zero attached hydrogens (tertiary/aromatic N) is 2. The summed E-state index contributed by atoms with van der Waals surface area (Å²) < 4.78 is 1.75. The highest BCUT2D eigenvalue weighted by Gasteiger charge is 2.24. The quantitative estimate of drug-likeness (QED) is 0.750. The first-order chi connectivity index (χ1) is 12.4. The van der Waals surface area contributed by atoms with E-state index in [0.29, 0.717) is 5.56 Å². The highest BCUT2D eigenvalue weighted by Crippen LogP contribution is 2.18. The number of hydrogen-bond donors (Lipinski definition) is 1. The van der Waals surface area contributed by atoms with Crippen LogP contribution in [0.3, 0.4) is 0 Å². The van der Waals surface area contributed by atoms with Gasteiger partial charge in [0.1, 0.15) is 0 Å². The normalized spacial score (nSPS) is 11.4. The summed E-state index contributed by atoms with van der Waals surface area (Å²) in [5.41, 5.74) is 4.39. The first-order valence-corrected chi connectivity index (χ1v) is 8.84. The van der Waals surface area contributed by atoms with Crippen molar-refractivity contribution < 1.29 is 4.79 Å². The Hall–Kier alpha value is -2.88. The first-order valence-electron chi connectivity index (χ1n) is 8.84. The molecule has 0 bridgehead atoms. The second-order valence-electron chi connectivity index (χ2n) is 7.35. The minimum Gasteiger partial charge on any atom is -0.347 e. The smallest absolute Gasteiger partial charge is 0.255 e. The molecule has 4 heteroatoms. The fourth-order valence-corrected chi connectivity index (χ4v) is 3.10. The molecule has 0 saturated heterocycles. The molecule has 0 fully saturated rings. The van der Waals surface area contributed by atoms with Gasteiger partial charge in [-0.25, -0.2) is 4.68 Å². The third kappa shape index (κ3) is 4.02. The number of carbonyl (C=O) groups excluding carboxylic acids is 1. The van der Waals surface area contributed by atoms with E-state index in [1.165, 1.54) is 11.1 Å². The van der Waals surface area contributed by atoms with Crippen molar-refractivity contribution in [3.05, 3.63) is 83.2 Å². The van der Waals surface area contributed by atoms with Crippen molar-refractivity contribution in [2.24, 2.45) is 0 Å². The molecule has 134 valence electrons. The maximum Gasteiger partial charge on any atom is 0.255 e. The molecule has 0 saturated carbocycles.